The van der Waals surface area contributed by atoms with Gasteiger partial charge in [-0.15, -0.1) is 0 Å². The Morgan fingerprint density at radius 3 is 2.67 bits per heavy atom. The number of methoxy groups -OCH3 is 1. The maximum atomic E-state index is 6.04. The van der Waals surface area contributed by atoms with Crippen LogP contribution in [-0.4, -0.2) is 18.3 Å². The lowest BCUT2D eigenvalue weighted by molar-refractivity contribution is 0.304. The minimum Gasteiger partial charge on any atom is -0.497 e. The first kappa shape index (κ1) is 14.6. The van der Waals surface area contributed by atoms with Gasteiger partial charge in [0.1, 0.15) is 18.1 Å². The van der Waals surface area contributed by atoms with E-state index in [1.165, 1.54) is 16.3 Å². The highest BCUT2D eigenvalue weighted by molar-refractivity contribution is 5.88. The zero-order chi connectivity index (χ0) is 16.4. The van der Waals surface area contributed by atoms with Gasteiger partial charge in [0.2, 0.25) is 0 Å². The minimum absolute atomic E-state index is 0.629. The summed E-state index contributed by atoms with van der Waals surface area (Å²) in [6.45, 7) is 1.43. The van der Waals surface area contributed by atoms with Crippen LogP contribution in [0.4, 0.5) is 0 Å². The van der Waals surface area contributed by atoms with Gasteiger partial charge in [0.15, 0.2) is 0 Å². The van der Waals surface area contributed by atoms with Gasteiger partial charge in [-0.05, 0) is 35.7 Å². The molecule has 1 aromatic heterocycles. The SMILES string of the molecule is COc1ccc2c(ccn2CCOc2cccc3ccccc23)c1. The Morgan fingerprint density at radius 1 is 0.875 bits per heavy atom. The smallest absolute Gasteiger partial charge is 0.127 e. The Morgan fingerprint density at radius 2 is 1.75 bits per heavy atom. The molecule has 0 amide bonds. The van der Waals surface area contributed by atoms with Crippen LogP contribution in [0.1, 0.15) is 0 Å². The maximum Gasteiger partial charge on any atom is 0.127 e. The molecular formula is C21H19NO2. The third-order valence-electron chi connectivity index (χ3n) is 4.32. The molecule has 120 valence electrons. The van der Waals surface area contributed by atoms with Crippen molar-refractivity contribution in [2.75, 3.05) is 13.7 Å². The number of hydrogen-bond acceptors (Lipinski definition) is 2. The highest BCUT2D eigenvalue weighted by Gasteiger charge is 2.04. The molecule has 0 aliphatic rings. The number of hydrogen-bond donors (Lipinski definition) is 0. The van der Waals surface area contributed by atoms with Crippen molar-refractivity contribution >= 4 is 21.7 Å². The van der Waals surface area contributed by atoms with Crippen molar-refractivity contribution in [2.24, 2.45) is 0 Å². The Bertz CT molecular complexity index is 982. The van der Waals surface area contributed by atoms with E-state index in [1.807, 2.05) is 30.3 Å². The van der Waals surface area contributed by atoms with Crippen LogP contribution in [-0.2, 0) is 6.54 Å². The van der Waals surface area contributed by atoms with E-state index in [0.717, 1.165) is 23.4 Å². The molecule has 0 aliphatic heterocycles. The van der Waals surface area contributed by atoms with Gasteiger partial charge in [-0.3, -0.25) is 0 Å². The van der Waals surface area contributed by atoms with E-state index in [9.17, 15) is 0 Å². The van der Waals surface area contributed by atoms with Crippen LogP contribution in [0, 0.1) is 0 Å². The second-order valence-electron chi connectivity index (χ2n) is 5.76. The molecule has 0 saturated heterocycles. The molecule has 24 heavy (non-hydrogen) atoms. The van der Waals surface area contributed by atoms with Crippen LogP contribution < -0.4 is 9.47 Å². The highest BCUT2D eigenvalue weighted by atomic mass is 16.5. The van der Waals surface area contributed by atoms with Crippen molar-refractivity contribution in [3.63, 3.8) is 0 Å². The van der Waals surface area contributed by atoms with Crippen LogP contribution in [0.25, 0.3) is 21.7 Å². The van der Waals surface area contributed by atoms with E-state index in [0.29, 0.717) is 6.61 Å². The Hall–Kier alpha value is -2.94. The lowest BCUT2D eigenvalue weighted by atomic mass is 10.1. The van der Waals surface area contributed by atoms with Crippen molar-refractivity contribution in [2.45, 2.75) is 6.54 Å². The molecule has 1 heterocycles. The number of fused-ring (bicyclic) bond motifs is 2. The first-order valence-electron chi connectivity index (χ1n) is 8.08. The van der Waals surface area contributed by atoms with Crippen molar-refractivity contribution in [1.82, 2.24) is 4.57 Å². The van der Waals surface area contributed by atoms with Crippen LogP contribution in [0.3, 0.4) is 0 Å². The van der Waals surface area contributed by atoms with Gasteiger partial charge in [0.25, 0.3) is 0 Å². The first-order chi connectivity index (χ1) is 11.8. The van der Waals surface area contributed by atoms with E-state index < -0.39 is 0 Å². The second-order valence-corrected chi connectivity index (χ2v) is 5.76. The zero-order valence-corrected chi connectivity index (χ0v) is 13.6. The fraction of sp³-hybridized carbons (Fsp3) is 0.143. The van der Waals surface area contributed by atoms with E-state index in [-0.39, 0.29) is 0 Å². The molecule has 0 aliphatic carbocycles. The van der Waals surface area contributed by atoms with Gasteiger partial charge < -0.3 is 14.0 Å². The van der Waals surface area contributed by atoms with Crippen molar-refractivity contribution in [1.29, 1.82) is 0 Å². The molecular weight excluding hydrogens is 298 g/mol. The van der Waals surface area contributed by atoms with Crippen LogP contribution in [0.2, 0.25) is 0 Å². The fourth-order valence-electron chi connectivity index (χ4n) is 3.08. The summed E-state index contributed by atoms with van der Waals surface area (Å²) in [7, 11) is 1.69. The molecule has 0 spiro atoms. The summed E-state index contributed by atoms with van der Waals surface area (Å²) >= 11 is 0. The molecule has 0 saturated carbocycles. The topological polar surface area (TPSA) is 23.4 Å². The largest absolute Gasteiger partial charge is 0.497 e. The molecule has 0 fully saturated rings. The number of benzene rings is 3. The van der Waals surface area contributed by atoms with E-state index in [1.54, 1.807) is 7.11 Å². The first-order valence-corrected chi connectivity index (χ1v) is 8.08. The number of rotatable bonds is 5. The maximum absolute atomic E-state index is 6.04. The van der Waals surface area contributed by atoms with E-state index in [4.69, 9.17) is 9.47 Å². The minimum atomic E-state index is 0.629. The summed E-state index contributed by atoms with van der Waals surface area (Å²) in [6, 6.07) is 22.7. The predicted molar refractivity (Wildman–Crippen MR) is 97.9 cm³/mol. The normalized spacial score (nSPS) is 11.0. The number of aromatic nitrogens is 1. The zero-order valence-electron chi connectivity index (χ0n) is 13.6. The van der Waals surface area contributed by atoms with Gasteiger partial charge in [-0.25, -0.2) is 0 Å². The number of nitrogens with zero attached hydrogens (tertiary/aromatic N) is 1. The molecule has 3 nitrogen and oxygen atoms in total. The molecule has 0 atom stereocenters. The highest BCUT2D eigenvalue weighted by Crippen LogP contribution is 2.25. The Balaban J connectivity index is 1.51. The van der Waals surface area contributed by atoms with Crippen LogP contribution >= 0.6 is 0 Å². The molecule has 3 aromatic carbocycles. The lowest BCUT2D eigenvalue weighted by Crippen LogP contribution is -2.07. The summed E-state index contributed by atoms with van der Waals surface area (Å²) in [5.74, 6) is 1.82. The molecule has 0 bridgehead atoms. The third kappa shape index (κ3) is 2.69. The van der Waals surface area contributed by atoms with Crippen molar-refractivity contribution < 1.29 is 9.47 Å². The molecule has 0 N–H and O–H groups in total. The summed E-state index contributed by atoms with van der Waals surface area (Å²) in [6.07, 6.45) is 2.09. The Kier molecular flexibility index (Phi) is 3.83. The summed E-state index contributed by atoms with van der Waals surface area (Å²) in [5, 5.41) is 3.54. The average molecular weight is 317 g/mol. The average Bonchev–Trinajstić information content (AvgIpc) is 3.04. The fourth-order valence-corrected chi connectivity index (χ4v) is 3.08. The van der Waals surface area contributed by atoms with Gasteiger partial charge in [-0.1, -0.05) is 36.4 Å². The van der Waals surface area contributed by atoms with Crippen LogP contribution in [0.15, 0.2) is 72.9 Å². The van der Waals surface area contributed by atoms with Crippen molar-refractivity contribution in [3.05, 3.63) is 72.9 Å². The van der Waals surface area contributed by atoms with Gasteiger partial charge in [0.05, 0.1) is 13.7 Å². The summed E-state index contributed by atoms with van der Waals surface area (Å²) < 4.78 is 13.5. The summed E-state index contributed by atoms with van der Waals surface area (Å²) in [5.41, 5.74) is 1.19. The standard InChI is InChI=1S/C21H19NO2/c1-23-18-9-10-20-17(15-18)11-12-22(20)13-14-24-21-8-4-6-16-5-2-3-7-19(16)21/h2-12,15H,13-14H2,1H3. The second kappa shape index (κ2) is 6.28. The number of ether oxygens (including phenoxy) is 2. The molecule has 3 heteroatoms. The predicted octanol–water partition coefficient (Wildman–Crippen LogP) is 4.88. The molecule has 0 radical (unpaired) electrons. The van der Waals surface area contributed by atoms with Crippen molar-refractivity contribution in [3.8, 4) is 11.5 Å². The van der Waals surface area contributed by atoms with E-state index in [2.05, 4.69) is 47.2 Å². The van der Waals surface area contributed by atoms with Gasteiger partial charge in [-0.2, -0.15) is 0 Å². The quantitative estimate of drug-likeness (QED) is 0.523. The molecule has 4 aromatic rings. The van der Waals surface area contributed by atoms with Gasteiger partial charge >= 0.3 is 0 Å². The summed E-state index contributed by atoms with van der Waals surface area (Å²) in [4.78, 5) is 0. The third-order valence-corrected chi connectivity index (χ3v) is 4.32. The van der Waals surface area contributed by atoms with Gasteiger partial charge in [0, 0.05) is 22.5 Å². The molecule has 4 rings (SSSR count). The van der Waals surface area contributed by atoms with E-state index >= 15 is 0 Å². The van der Waals surface area contributed by atoms with Crippen LogP contribution in [0.5, 0.6) is 11.5 Å². The Labute approximate surface area is 141 Å². The molecule has 0 unspecified atom stereocenters. The lowest BCUT2D eigenvalue weighted by Gasteiger charge is -2.11. The monoisotopic (exact) mass is 317 g/mol.